The first-order chi connectivity index (χ1) is 12.5. The number of hydrogen-bond donors (Lipinski definition) is 0. The van der Waals surface area contributed by atoms with Crippen LogP contribution in [0.15, 0.2) is 42.2 Å². The number of benzene rings is 1. The molecule has 2 heterocycles. The summed E-state index contributed by atoms with van der Waals surface area (Å²) in [5, 5.41) is 0.488. The van der Waals surface area contributed by atoms with Crippen LogP contribution in [0.3, 0.4) is 0 Å². The van der Waals surface area contributed by atoms with Crippen LogP contribution in [0.25, 0.3) is 0 Å². The fraction of sp³-hybridized carbons (Fsp3) is 0.579. The molecule has 0 N–H and O–H groups in total. The lowest BCUT2D eigenvalue weighted by Crippen LogP contribution is -2.32. The number of rotatable bonds is 4. The smallest absolute Gasteiger partial charge is 0.326 e. The van der Waals surface area contributed by atoms with E-state index in [9.17, 15) is 4.57 Å². The van der Waals surface area contributed by atoms with E-state index in [1.165, 1.54) is 0 Å². The van der Waals surface area contributed by atoms with Gasteiger partial charge in [-0.1, -0.05) is 64.6 Å². The minimum absolute atomic E-state index is 0.114. The van der Waals surface area contributed by atoms with Crippen LogP contribution in [-0.2, 0) is 34.5 Å². The van der Waals surface area contributed by atoms with Gasteiger partial charge in [0.15, 0.2) is 0 Å². The van der Waals surface area contributed by atoms with Crippen molar-refractivity contribution in [3.8, 4) is 0 Å². The zero-order chi connectivity index (χ0) is 19.9. The van der Waals surface area contributed by atoms with Gasteiger partial charge in [0, 0.05) is 16.1 Å². The fourth-order valence-corrected chi connectivity index (χ4v) is 8.84. The molecule has 0 saturated carbocycles. The Morgan fingerprint density at radius 1 is 0.963 bits per heavy atom. The second-order valence-electron chi connectivity index (χ2n) is 8.76. The molecule has 8 heteroatoms. The summed E-state index contributed by atoms with van der Waals surface area (Å²) in [7, 11) is -3.52. The van der Waals surface area contributed by atoms with E-state index in [4.69, 9.17) is 29.9 Å². The molecule has 3 rings (SSSR count). The first kappa shape index (κ1) is 21.4. The van der Waals surface area contributed by atoms with Gasteiger partial charge in [-0.2, -0.15) is 0 Å². The molecule has 5 nitrogen and oxygen atoms in total. The summed E-state index contributed by atoms with van der Waals surface area (Å²) in [6.45, 7) is 11.1. The summed E-state index contributed by atoms with van der Waals surface area (Å²) in [6, 6.07) is 9.44. The molecule has 150 valence electrons. The molecule has 0 radical (unpaired) electrons. The molecule has 1 unspecified atom stereocenters. The maximum atomic E-state index is 13.7. The van der Waals surface area contributed by atoms with Gasteiger partial charge in [0.1, 0.15) is 5.66 Å². The van der Waals surface area contributed by atoms with E-state index in [2.05, 4.69) is 20.4 Å². The lowest BCUT2D eigenvalue weighted by atomic mass is 9.97. The summed E-state index contributed by atoms with van der Waals surface area (Å²) in [5.74, 6) is 0. The van der Waals surface area contributed by atoms with Crippen molar-refractivity contribution in [2.75, 3.05) is 26.4 Å². The van der Waals surface area contributed by atoms with Crippen molar-refractivity contribution >= 4 is 25.9 Å². The normalized spacial score (nSPS) is 26.8. The Kier molecular flexibility index (Phi) is 5.94. The van der Waals surface area contributed by atoms with Gasteiger partial charge in [0.05, 0.1) is 26.4 Å². The molecule has 0 spiro atoms. The number of hydrogen-bond acceptors (Lipinski definition) is 6. The van der Waals surface area contributed by atoms with Crippen molar-refractivity contribution < 1.29 is 22.7 Å². The predicted octanol–water partition coefficient (Wildman–Crippen LogP) is 5.89. The molecule has 0 amide bonds. The van der Waals surface area contributed by atoms with Gasteiger partial charge in [-0.15, -0.1) is 0 Å². The minimum Gasteiger partial charge on any atom is -0.326 e. The molecule has 0 aromatic heterocycles. The van der Waals surface area contributed by atoms with Gasteiger partial charge < -0.3 is 18.1 Å². The van der Waals surface area contributed by atoms with Crippen molar-refractivity contribution in [3.05, 3.63) is 47.8 Å². The van der Waals surface area contributed by atoms with Crippen molar-refractivity contribution in [1.82, 2.24) is 0 Å². The SMILES string of the molecule is C=C(C(c1ccccc1)P1(=O)OCC(C)(C)CO1)P1(=S)OCC(C)(C)CO1. The molecule has 1 atom stereocenters. The summed E-state index contributed by atoms with van der Waals surface area (Å²) in [6.07, 6.45) is 0. The van der Waals surface area contributed by atoms with Crippen LogP contribution in [0.4, 0.5) is 0 Å². The summed E-state index contributed by atoms with van der Waals surface area (Å²) in [4.78, 5) is 0. The van der Waals surface area contributed by atoms with Crippen molar-refractivity contribution in [3.63, 3.8) is 0 Å². The highest BCUT2D eigenvalue weighted by atomic mass is 32.5. The van der Waals surface area contributed by atoms with Crippen molar-refractivity contribution in [1.29, 1.82) is 0 Å². The van der Waals surface area contributed by atoms with E-state index in [0.717, 1.165) is 5.56 Å². The van der Waals surface area contributed by atoms with Gasteiger partial charge in [-0.05, 0) is 17.4 Å². The summed E-state index contributed by atoms with van der Waals surface area (Å²) < 4.78 is 37.4. The van der Waals surface area contributed by atoms with Gasteiger partial charge >= 0.3 is 7.60 Å². The lowest BCUT2D eigenvalue weighted by Gasteiger charge is -2.42. The minimum atomic E-state index is -3.52. The molecule has 2 saturated heterocycles. The largest absolute Gasteiger partial charge is 0.342 e. The van der Waals surface area contributed by atoms with Gasteiger partial charge in [-0.25, -0.2) is 0 Å². The highest BCUT2D eigenvalue weighted by Gasteiger charge is 2.49. The van der Waals surface area contributed by atoms with E-state index in [-0.39, 0.29) is 10.8 Å². The quantitative estimate of drug-likeness (QED) is 0.555. The molecule has 2 aliphatic heterocycles. The predicted molar refractivity (Wildman–Crippen MR) is 112 cm³/mol. The van der Waals surface area contributed by atoms with Gasteiger partial charge in [0.2, 0.25) is 6.49 Å². The molecule has 1 aromatic rings. The van der Waals surface area contributed by atoms with Crippen LogP contribution in [0.1, 0.15) is 38.9 Å². The van der Waals surface area contributed by atoms with E-state index in [0.29, 0.717) is 31.7 Å². The molecule has 27 heavy (non-hydrogen) atoms. The molecule has 0 aliphatic carbocycles. The first-order valence-corrected chi connectivity index (χ1v) is 13.2. The van der Waals surface area contributed by atoms with Crippen molar-refractivity contribution in [2.45, 2.75) is 33.4 Å². The Bertz CT molecular complexity index is 778. The summed E-state index contributed by atoms with van der Waals surface area (Å²) >= 11 is 5.75. The van der Waals surface area contributed by atoms with E-state index in [1.54, 1.807) is 0 Å². The van der Waals surface area contributed by atoms with Crippen LogP contribution in [0.2, 0.25) is 0 Å². The average Bonchev–Trinajstić information content (AvgIpc) is 2.62. The number of allylic oxidation sites excluding steroid dienone is 1. The topological polar surface area (TPSA) is 54.0 Å². The Morgan fingerprint density at radius 2 is 1.41 bits per heavy atom. The Hall–Kier alpha value is -0.320. The zero-order valence-electron chi connectivity index (χ0n) is 16.3. The van der Waals surface area contributed by atoms with Crippen LogP contribution < -0.4 is 0 Å². The second-order valence-corrected chi connectivity index (χ2v) is 14.4. The molecule has 2 aliphatic rings. The van der Waals surface area contributed by atoms with Crippen LogP contribution in [0.5, 0.6) is 0 Å². The maximum absolute atomic E-state index is 13.7. The molecule has 0 bridgehead atoms. The van der Waals surface area contributed by atoms with E-state index >= 15 is 0 Å². The third-order valence-electron chi connectivity index (χ3n) is 4.62. The second kappa shape index (κ2) is 7.50. The summed E-state index contributed by atoms with van der Waals surface area (Å²) in [5.41, 5.74) is -0.232. The Labute approximate surface area is 167 Å². The first-order valence-electron chi connectivity index (χ1n) is 8.99. The van der Waals surface area contributed by atoms with Gasteiger partial charge in [0.25, 0.3) is 0 Å². The molecular formula is C19H28O5P2S. The average molecular weight is 430 g/mol. The van der Waals surface area contributed by atoms with Crippen molar-refractivity contribution in [2.24, 2.45) is 10.8 Å². The van der Waals surface area contributed by atoms with Crippen LogP contribution in [0, 0.1) is 10.8 Å². The Morgan fingerprint density at radius 3 is 1.89 bits per heavy atom. The fourth-order valence-electron chi connectivity index (χ4n) is 2.86. The highest BCUT2D eigenvalue weighted by Crippen LogP contribution is 2.74. The highest BCUT2D eigenvalue weighted by molar-refractivity contribution is 8.12. The Balaban J connectivity index is 1.95. The van der Waals surface area contributed by atoms with E-state index in [1.807, 2.05) is 44.2 Å². The maximum Gasteiger partial charge on any atom is 0.342 e. The van der Waals surface area contributed by atoms with Crippen LogP contribution >= 0.6 is 14.1 Å². The molecular weight excluding hydrogens is 402 g/mol. The van der Waals surface area contributed by atoms with Crippen LogP contribution in [-0.4, -0.2) is 26.4 Å². The molecule has 1 aromatic carbocycles. The third kappa shape index (κ3) is 4.64. The monoisotopic (exact) mass is 430 g/mol. The lowest BCUT2D eigenvalue weighted by molar-refractivity contribution is 0.0385. The molecule has 2 fully saturated rings. The standard InChI is InChI=1S/C19H28O5P2S/c1-15(26(27)23-13-19(4,5)14-24-26)17(16-9-7-6-8-10-16)25(20)21-11-18(2,3)12-22-25/h6-10,17H,1,11-14H2,2-5H3. The van der Waals surface area contributed by atoms with Gasteiger partial charge in [-0.3, -0.25) is 4.57 Å². The third-order valence-corrected chi connectivity index (χ3v) is 10.3. The van der Waals surface area contributed by atoms with E-state index < -0.39 is 19.7 Å². The zero-order valence-corrected chi connectivity index (χ0v) is 18.9.